The molecule has 7 heteroatoms. The van der Waals surface area contributed by atoms with Crippen molar-refractivity contribution in [3.05, 3.63) is 4.85 Å². The number of aliphatic hydroxyl groups excluding tert-OH is 1. The molecule has 0 aromatic carbocycles. The molecule has 0 amide bonds. The fraction of sp³-hybridized carbons (Fsp3) is 0.833. The quantitative estimate of drug-likeness (QED) is 0.539. The summed E-state index contributed by atoms with van der Waals surface area (Å²) in [6.45, 7) is 9.53. The van der Waals surface area contributed by atoms with Crippen LogP contribution in [0.2, 0.25) is 0 Å². The lowest BCUT2D eigenvalue weighted by Gasteiger charge is -2.20. The van der Waals surface area contributed by atoms with Crippen LogP contribution in [0.15, 0.2) is 0 Å². The van der Waals surface area contributed by atoms with Crippen LogP contribution in [0.5, 0.6) is 0 Å². The van der Waals surface area contributed by atoms with Crippen molar-refractivity contribution in [1.29, 1.82) is 0 Å². The molecule has 0 aromatic rings. The second-order valence-corrected chi connectivity index (χ2v) is 5.13. The van der Waals surface area contributed by atoms with Crippen LogP contribution in [-0.2, 0) is 18.9 Å². The van der Waals surface area contributed by atoms with Crippen molar-refractivity contribution in [2.24, 2.45) is 0 Å². The van der Waals surface area contributed by atoms with E-state index in [-0.39, 0.29) is 12.2 Å². The lowest BCUT2D eigenvalue weighted by Crippen LogP contribution is -2.74. The van der Waals surface area contributed by atoms with Crippen molar-refractivity contribution >= 4 is 6.08 Å². The van der Waals surface area contributed by atoms with Gasteiger partial charge < -0.3 is 19.3 Å². The lowest BCUT2D eigenvalue weighted by atomic mass is 10.1. The Morgan fingerprint density at radius 1 is 1.47 bits per heavy atom. The fourth-order valence-corrected chi connectivity index (χ4v) is 2.37. The molecular formula is C12H20N2O5+2. The van der Waals surface area contributed by atoms with Crippen LogP contribution in [0.1, 0.15) is 26.7 Å². The van der Waals surface area contributed by atoms with Gasteiger partial charge in [-0.15, -0.1) is 0 Å². The van der Waals surface area contributed by atoms with Crippen molar-refractivity contribution in [3.8, 4) is 6.57 Å². The number of methoxy groups -OCH3 is 1. The molecule has 0 aliphatic carbocycles. The highest BCUT2D eigenvalue weighted by atomic mass is 16.8. The minimum atomic E-state index is -0.854. The fourth-order valence-electron chi connectivity index (χ4n) is 2.37. The first-order chi connectivity index (χ1) is 8.90. The molecule has 0 radical (unpaired) electrons. The molecule has 1 unspecified atom stereocenters. The summed E-state index contributed by atoms with van der Waals surface area (Å²) in [5.74, 6) is -0.642. The molecule has 0 bridgehead atoms. The van der Waals surface area contributed by atoms with E-state index in [0.29, 0.717) is 19.4 Å². The molecule has 2 saturated heterocycles. The number of fused-ring (bicyclic) bond motifs is 1. The molecule has 2 aliphatic rings. The van der Waals surface area contributed by atoms with Crippen molar-refractivity contribution in [1.82, 2.24) is 0 Å². The second-order valence-electron chi connectivity index (χ2n) is 5.13. The normalized spacial score (nSPS) is 36.8. The van der Waals surface area contributed by atoms with Crippen LogP contribution in [0.25, 0.3) is 4.85 Å². The van der Waals surface area contributed by atoms with Crippen molar-refractivity contribution in [2.45, 2.75) is 50.6 Å². The Morgan fingerprint density at radius 3 is 2.79 bits per heavy atom. The van der Waals surface area contributed by atoms with Gasteiger partial charge in [-0.05, 0) is 18.7 Å². The molecular weight excluding hydrogens is 252 g/mol. The number of aliphatic hydroxyl groups is 1. The zero-order valence-electron chi connectivity index (χ0n) is 11.4. The topological polar surface area (TPSA) is 75.5 Å². The van der Waals surface area contributed by atoms with Gasteiger partial charge in [-0.1, -0.05) is 0 Å². The van der Waals surface area contributed by atoms with Gasteiger partial charge in [0.1, 0.15) is 12.5 Å². The summed E-state index contributed by atoms with van der Waals surface area (Å²) in [5.41, 5.74) is -0.854. The Kier molecular flexibility index (Phi) is 3.67. The SMILES string of the molecule is C#[N+]C1(CC[NH+]=C(O)OC)C[C@H]2OC(C)(C)O[C@H]2O1. The van der Waals surface area contributed by atoms with Crippen LogP contribution in [0.4, 0.5) is 0 Å². The first kappa shape index (κ1) is 14.1. The van der Waals surface area contributed by atoms with Gasteiger partial charge in [0.05, 0.1) is 13.5 Å². The molecule has 2 fully saturated rings. The van der Waals surface area contributed by atoms with E-state index in [1.165, 1.54) is 7.11 Å². The van der Waals surface area contributed by atoms with E-state index >= 15 is 0 Å². The standard InChI is InChI=1S/C12H18N2O5/c1-11(2)17-8-7-12(13-3,19-9(8)18-11)5-6-14-10(15)16-4/h3,8-9H,5-7H2,1-2,4H3/p+2/t8-,9+,12?/m1/s1. The summed E-state index contributed by atoms with van der Waals surface area (Å²) >= 11 is 0. The van der Waals surface area contributed by atoms with E-state index in [1.807, 2.05) is 13.8 Å². The van der Waals surface area contributed by atoms with Gasteiger partial charge in [-0.2, -0.15) is 4.99 Å². The second kappa shape index (κ2) is 4.96. The van der Waals surface area contributed by atoms with Crippen LogP contribution in [0.3, 0.4) is 0 Å². The first-order valence-corrected chi connectivity index (χ1v) is 6.19. The number of nitrogens with zero attached hydrogens (tertiary/aromatic N) is 1. The average molecular weight is 272 g/mol. The van der Waals surface area contributed by atoms with Crippen LogP contribution in [0, 0.1) is 6.57 Å². The monoisotopic (exact) mass is 272 g/mol. The van der Waals surface area contributed by atoms with Gasteiger partial charge in [-0.3, -0.25) is 4.74 Å². The Balaban J connectivity index is 1.95. The average Bonchev–Trinajstić information content (AvgIpc) is 2.79. The number of hydrogen-bond donors (Lipinski definition) is 2. The summed E-state index contributed by atoms with van der Waals surface area (Å²) in [6, 6.07) is 0. The highest BCUT2D eigenvalue weighted by Gasteiger charge is 2.61. The van der Waals surface area contributed by atoms with Gasteiger partial charge in [-0.25, -0.2) is 0 Å². The minimum Gasteiger partial charge on any atom is -0.430 e. The number of rotatable bonds is 3. The molecule has 7 nitrogen and oxygen atoms in total. The maximum atomic E-state index is 9.15. The van der Waals surface area contributed by atoms with E-state index in [4.69, 9.17) is 25.9 Å². The number of ether oxygens (including phenoxy) is 4. The molecule has 19 heavy (non-hydrogen) atoms. The van der Waals surface area contributed by atoms with Gasteiger partial charge in [0.15, 0.2) is 18.6 Å². The Hall–Kier alpha value is -1.36. The van der Waals surface area contributed by atoms with Crippen molar-refractivity contribution in [2.75, 3.05) is 13.7 Å². The first-order valence-electron chi connectivity index (χ1n) is 6.19. The summed E-state index contributed by atoms with van der Waals surface area (Å²) in [5, 5.41) is 9.15. The molecule has 106 valence electrons. The number of hydrogen-bond acceptors (Lipinski definition) is 4. The van der Waals surface area contributed by atoms with Crippen LogP contribution >= 0.6 is 0 Å². The number of nitrogens with one attached hydrogen (secondary N) is 1. The third-order valence-electron chi connectivity index (χ3n) is 3.21. The Morgan fingerprint density at radius 2 is 2.21 bits per heavy atom. The predicted octanol–water partition coefficient (Wildman–Crippen LogP) is -0.426. The molecule has 2 rings (SSSR count). The van der Waals surface area contributed by atoms with Crippen LogP contribution in [-0.4, -0.2) is 48.8 Å². The molecule has 2 N–H and O–H groups in total. The van der Waals surface area contributed by atoms with E-state index in [2.05, 4.69) is 14.6 Å². The maximum absolute atomic E-state index is 9.15. The third kappa shape index (κ3) is 2.97. The zero-order chi connectivity index (χ0) is 14.1. The van der Waals surface area contributed by atoms with Crippen molar-refractivity contribution < 1.29 is 29.0 Å². The van der Waals surface area contributed by atoms with Gasteiger partial charge in [0.2, 0.25) is 0 Å². The Bertz CT molecular complexity index is 399. The Labute approximate surface area is 111 Å². The van der Waals surface area contributed by atoms with Gasteiger partial charge in [0.25, 0.3) is 6.57 Å². The molecule has 2 heterocycles. The summed E-state index contributed by atoms with van der Waals surface area (Å²) in [4.78, 5) is 6.49. The maximum Gasteiger partial charge on any atom is 0.544 e. The van der Waals surface area contributed by atoms with E-state index in [9.17, 15) is 0 Å². The van der Waals surface area contributed by atoms with Gasteiger partial charge >= 0.3 is 11.8 Å². The smallest absolute Gasteiger partial charge is 0.430 e. The van der Waals surface area contributed by atoms with E-state index in [1.54, 1.807) is 0 Å². The minimum absolute atomic E-state index is 0.178. The third-order valence-corrected chi connectivity index (χ3v) is 3.21. The van der Waals surface area contributed by atoms with Crippen molar-refractivity contribution in [3.63, 3.8) is 0 Å². The molecule has 3 atom stereocenters. The lowest BCUT2D eigenvalue weighted by molar-refractivity contribution is -0.481. The van der Waals surface area contributed by atoms with E-state index in [0.717, 1.165) is 0 Å². The molecule has 0 saturated carbocycles. The highest BCUT2D eigenvalue weighted by molar-refractivity contribution is 5.56. The summed E-state index contributed by atoms with van der Waals surface area (Å²) < 4.78 is 21.7. The summed E-state index contributed by atoms with van der Waals surface area (Å²) in [6.07, 6.45) is 0.105. The molecule has 2 aliphatic heterocycles. The highest BCUT2D eigenvalue weighted by Crippen LogP contribution is 2.43. The molecule has 0 aromatic heterocycles. The van der Waals surface area contributed by atoms with Gasteiger partial charge in [0, 0.05) is 0 Å². The largest absolute Gasteiger partial charge is 0.544 e. The predicted molar refractivity (Wildman–Crippen MR) is 65.7 cm³/mol. The van der Waals surface area contributed by atoms with Crippen LogP contribution < -0.4 is 4.99 Å². The zero-order valence-corrected chi connectivity index (χ0v) is 11.4. The van der Waals surface area contributed by atoms with E-state index < -0.39 is 17.8 Å². The molecule has 0 spiro atoms. The summed E-state index contributed by atoms with van der Waals surface area (Å²) in [7, 11) is 1.37.